The number of likely N-dealkylation sites (N-methyl/N-ethyl adjacent to an activating group) is 1. The summed E-state index contributed by atoms with van der Waals surface area (Å²) in [6.45, 7) is 7.47. The number of aryl methyl sites for hydroxylation is 1. The predicted molar refractivity (Wildman–Crippen MR) is 104 cm³/mol. The van der Waals surface area contributed by atoms with E-state index in [1.54, 1.807) is 6.07 Å². The highest BCUT2D eigenvalue weighted by Gasteiger charge is 2.72. The largest absolute Gasteiger partial charge is 0.477 e. The van der Waals surface area contributed by atoms with Crippen LogP contribution in [-0.2, 0) is 24.5 Å². The topological polar surface area (TPSA) is 82.1 Å². The fraction of sp³-hybridized carbons (Fsp3) is 0.591. The average Bonchev–Trinajstić information content (AvgIpc) is 3.00. The minimum Gasteiger partial charge on any atom is -0.477 e. The molecule has 4 rings (SSSR count). The second-order valence-electron chi connectivity index (χ2n) is 8.50. The molecule has 7 nitrogen and oxygen atoms in total. The molecular weight excluding hydrogens is 374 g/mol. The quantitative estimate of drug-likeness (QED) is 0.555. The lowest BCUT2D eigenvalue weighted by Gasteiger charge is -2.60. The molecular formula is C22H27NO6. The third-order valence-electron chi connectivity index (χ3n) is 7.02. The summed E-state index contributed by atoms with van der Waals surface area (Å²) in [6, 6.07) is 3.46. The Kier molecular flexibility index (Phi) is 4.49. The molecule has 0 aromatic heterocycles. The summed E-state index contributed by atoms with van der Waals surface area (Å²) < 4.78 is 17.8. The summed E-state index contributed by atoms with van der Waals surface area (Å²) in [4.78, 5) is 39.1. The fourth-order valence-corrected chi connectivity index (χ4v) is 5.79. The Labute approximate surface area is 170 Å². The lowest BCUT2D eigenvalue weighted by atomic mass is 9.52. The molecule has 0 bridgehead atoms. The van der Waals surface area contributed by atoms with E-state index in [1.807, 2.05) is 27.0 Å². The standard InChI is InChI=1S/C22H27NO6/c1-12-6-7-17(27-14(3)24)19-18(12)21-10-11-23(5)13(2)22(21,29-15(4)25)9-8-16(26)20(21)28-19/h6-7,13,20H,8-11H2,1-5H3/t13-,20?,21+,22-/m1/s1. The smallest absolute Gasteiger partial charge is 0.308 e. The number of ketones is 1. The van der Waals surface area contributed by atoms with Gasteiger partial charge in [0, 0.05) is 31.9 Å². The molecule has 29 heavy (non-hydrogen) atoms. The van der Waals surface area contributed by atoms with E-state index in [0.29, 0.717) is 24.3 Å². The van der Waals surface area contributed by atoms with Crippen LogP contribution in [0.4, 0.5) is 0 Å². The van der Waals surface area contributed by atoms with Gasteiger partial charge >= 0.3 is 11.9 Å². The van der Waals surface area contributed by atoms with Crippen molar-refractivity contribution in [2.45, 2.75) is 70.1 Å². The molecule has 7 heteroatoms. The molecule has 2 fully saturated rings. The number of benzene rings is 1. The van der Waals surface area contributed by atoms with Gasteiger partial charge in [0.05, 0.1) is 5.41 Å². The van der Waals surface area contributed by atoms with Crippen LogP contribution >= 0.6 is 0 Å². The first kappa shape index (κ1) is 19.9. The first-order valence-electron chi connectivity index (χ1n) is 10.1. The van der Waals surface area contributed by atoms with Crippen molar-refractivity contribution in [3.05, 3.63) is 23.3 Å². The number of nitrogens with zero attached hydrogens (tertiary/aromatic N) is 1. The van der Waals surface area contributed by atoms with E-state index in [2.05, 4.69) is 4.90 Å². The lowest BCUT2D eigenvalue weighted by molar-refractivity contribution is -0.206. The molecule has 3 aliphatic rings. The van der Waals surface area contributed by atoms with Crippen molar-refractivity contribution in [3.63, 3.8) is 0 Å². The summed E-state index contributed by atoms with van der Waals surface area (Å²) in [6.07, 6.45) is 0.549. The zero-order chi connectivity index (χ0) is 21.1. The van der Waals surface area contributed by atoms with Gasteiger partial charge in [-0.3, -0.25) is 19.3 Å². The van der Waals surface area contributed by atoms with E-state index >= 15 is 0 Å². The van der Waals surface area contributed by atoms with Crippen LogP contribution in [0, 0.1) is 6.92 Å². The van der Waals surface area contributed by atoms with E-state index in [-0.39, 0.29) is 24.2 Å². The van der Waals surface area contributed by atoms with Crippen LogP contribution in [0.5, 0.6) is 11.5 Å². The normalized spacial score (nSPS) is 33.2. The number of hydrogen-bond donors (Lipinski definition) is 0. The predicted octanol–water partition coefficient (Wildman–Crippen LogP) is 2.31. The van der Waals surface area contributed by atoms with Gasteiger partial charge < -0.3 is 14.2 Å². The number of hydrogen-bond acceptors (Lipinski definition) is 7. The van der Waals surface area contributed by atoms with Crippen LogP contribution < -0.4 is 9.47 Å². The zero-order valence-corrected chi connectivity index (χ0v) is 17.5. The number of Topliss-reactive ketones (excluding diaryl/α,β-unsaturated/α-hetero) is 1. The molecule has 4 atom stereocenters. The molecule has 1 aromatic rings. The highest BCUT2D eigenvalue weighted by molar-refractivity contribution is 5.90. The maximum atomic E-state index is 13.1. The SMILES string of the molecule is CC(=O)Oc1ccc(C)c2c1OC1C(=O)CC[C@@]3(OC(C)=O)[C@@H](C)N(C)CC[C@]213. The van der Waals surface area contributed by atoms with Gasteiger partial charge in [-0.05, 0) is 51.9 Å². The highest BCUT2D eigenvalue weighted by atomic mass is 16.6. The van der Waals surface area contributed by atoms with Crippen LogP contribution in [0.3, 0.4) is 0 Å². The van der Waals surface area contributed by atoms with Gasteiger partial charge in [-0.2, -0.15) is 0 Å². The van der Waals surface area contributed by atoms with Gasteiger partial charge in [-0.25, -0.2) is 0 Å². The van der Waals surface area contributed by atoms with Gasteiger partial charge in [0.2, 0.25) is 0 Å². The summed E-state index contributed by atoms with van der Waals surface area (Å²) in [5.74, 6) is -0.108. The molecule has 0 amide bonds. The zero-order valence-electron chi connectivity index (χ0n) is 17.5. The van der Waals surface area contributed by atoms with E-state index in [9.17, 15) is 14.4 Å². The van der Waals surface area contributed by atoms with Crippen molar-refractivity contribution in [3.8, 4) is 11.5 Å². The lowest BCUT2D eigenvalue weighted by Crippen LogP contribution is -2.74. The molecule has 1 aliphatic carbocycles. The van der Waals surface area contributed by atoms with Crippen LogP contribution in [0.25, 0.3) is 0 Å². The highest BCUT2D eigenvalue weighted by Crippen LogP contribution is 2.63. The number of carbonyl (C=O) groups is 3. The Balaban J connectivity index is 2.02. The summed E-state index contributed by atoms with van der Waals surface area (Å²) >= 11 is 0. The number of esters is 2. The van der Waals surface area contributed by atoms with E-state index in [1.165, 1.54) is 13.8 Å². The van der Waals surface area contributed by atoms with Gasteiger partial charge in [0.25, 0.3) is 0 Å². The Morgan fingerprint density at radius 3 is 2.59 bits per heavy atom. The van der Waals surface area contributed by atoms with E-state index < -0.39 is 23.1 Å². The number of rotatable bonds is 2. The number of likely N-dealkylation sites (tertiary alicyclic amines) is 1. The van der Waals surface area contributed by atoms with Gasteiger partial charge in [0.15, 0.2) is 23.4 Å². The van der Waals surface area contributed by atoms with Crippen LogP contribution in [-0.4, -0.2) is 54.0 Å². The number of carbonyl (C=O) groups excluding carboxylic acids is 3. The molecule has 1 aromatic carbocycles. The van der Waals surface area contributed by atoms with Gasteiger partial charge in [0.1, 0.15) is 5.60 Å². The molecule has 0 radical (unpaired) electrons. The minimum absolute atomic E-state index is 0.00564. The van der Waals surface area contributed by atoms with Gasteiger partial charge in [-0.15, -0.1) is 0 Å². The minimum atomic E-state index is -0.907. The molecule has 2 aliphatic heterocycles. The molecule has 1 unspecified atom stereocenters. The number of ether oxygens (including phenoxy) is 3. The molecule has 1 saturated carbocycles. The second-order valence-corrected chi connectivity index (χ2v) is 8.50. The first-order chi connectivity index (χ1) is 13.6. The maximum Gasteiger partial charge on any atom is 0.308 e. The third kappa shape index (κ3) is 2.56. The molecule has 2 heterocycles. The fourth-order valence-electron chi connectivity index (χ4n) is 5.79. The second kappa shape index (κ2) is 6.55. The number of fused-ring (bicyclic) bond motifs is 1. The molecule has 0 N–H and O–H groups in total. The number of piperidine rings is 1. The van der Waals surface area contributed by atoms with Crippen LogP contribution in [0.15, 0.2) is 12.1 Å². The van der Waals surface area contributed by atoms with E-state index in [0.717, 1.165) is 17.7 Å². The van der Waals surface area contributed by atoms with Crippen LogP contribution in [0.1, 0.15) is 51.2 Å². The molecule has 156 valence electrons. The van der Waals surface area contributed by atoms with Crippen LogP contribution in [0.2, 0.25) is 0 Å². The Morgan fingerprint density at radius 1 is 1.21 bits per heavy atom. The van der Waals surface area contributed by atoms with Crippen molar-refractivity contribution < 1.29 is 28.6 Å². The summed E-state index contributed by atoms with van der Waals surface area (Å²) in [5.41, 5.74) is 0.0435. The maximum absolute atomic E-state index is 13.1. The van der Waals surface area contributed by atoms with Gasteiger partial charge in [-0.1, -0.05) is 6.07 Å². The Hall–Kier alpha value is -2.41. The summed E-state index contributed by atoms with van der Waals surface area (Å²) in [5, 5.41) is 0. The van der Waals surface area contributed by atoms with E-state index in [4.69, 9.17) is 14.2 Å². The first-order valence-corrected chi connectivity index (χ1v) is 10.1. The third-order valence-corrected chi connectivity index (χ3v) is 7.02. The Bertz CT molecular complexity index is 911. The van der Waals surface area contributed by atoms with Crippen molar-refractivity contribution in [2.75, 3.05) is 13.6 Å². The van der Waals surface area contributed by atoms with Crippen molar-refractivity contribution >= 4 is 17.7 Å². The average molecular weight is 401 g/mol. The monoisotopic (exact) mass is 401 g/mol. The summed E-state index contributed by atoms with van der Waals surface area (Å²) in [7, 11) is 2.01. The molecule has 1 saturated heterocycles. The molecule has 1 spiro atoms. The van der Waals surface area contributed by atoms with Crippen molar-refractivity contribution in [1.82, 2.24) is 4.90 Å². The van der Waals surface area contributed by atoms with Crippen molar-refractivity contribution in [2.24, 2.45) is 0 Å². The Morgan fingerprint density at radius 2 is 1.93 bits per heavy atom. The van der Waals surface area contributed by atoms with Crippen molar-refractivity contribution in [1.29, 1.82) is 0 Å².